The number of amides is 2. The summed E-state index contributed by atoms with van der Waals surface area (Å²) in [6.45, 7) is 0.862. The minimum absolute atomic E-state index is 0.125. The van der Waals surface area contributed by atoms with Crippen LogP contribution in [0.1, 0.15) is 43.2 Å². The monoisotopic (exact) mass is 431 g/mol. The van der Waals surface area contributed by atoms with Crippen molar-refractivity contribution in [3.63, 3.8) is 0 Å². The molecule has 2 fully saturated rings. The van der Waals surface area contributed by atoms with Crippen LogP contribution in [0.3, 0.4) is 0 Å². The van der Waals surface area contributed by atoms with Gasteiger partial charge in [-0.15, -0.1) is 0 Å². The van der Waals surface area contributed by atoms with Crippen LogP contribution in [0.15, 0.2) is 48.5 Å². The Morgan fingerprint density at radius 2 is 2.13 bits per heavy atom. The number of aromatic nitrogens is 1. The molecule has 3 heterocycles. The van der Waals surface area contributed by atoms with E-state index in [2.05, 4.69) is 45.5 Å². The lowest BCUT2D eigenvalue weighted by Crippen LogP contribution is -2.61. The summed E-state index contributed by atoms with van der Waals surface area (Å²) >= 11 is 1.41. The molecule has 2 atom stereocenters. The van der Waals surface area contributed by atoms with E-state index in [1.807, 2.05) is 30.1 Å². The van der Waals surface area contributed by atoms with E-state index in [1.165, 1.54) is 23.3 Å². The number of fused-ring (bicyclic) bond motifs is 3. The molecule has 0 aliphatic carbocycles. The predicted molar refractivity (Wildman–Crippen MR) is 123 cm³/mol. The first-order valence-corrected chi connectivity index (χ1v) is 11.6. The van der Waals surface area contributed by atoms with Crippen molar-refractivity contribution in [1.82, 2.24) is 14.8 Å². The van der Waals surface area contributed by atoms with Crippen LogP contribution in [0, 0.1) is 11.3 Å². The van der Waals surface area contributed by atoms with Gasteiger partial charge in [0, 0.05) is 19.6 Å². The van der Waals surface area contributed by atoms with Crippen LogP contribution in [0.2, 0.25) is 0 Å². The largest absolute Gasteiger partial charge is 0.324 e. The second-order valence-corrected chi connectivity index (χ2v) is 9.51. The smallest absolute Gasteiger partial charge is 0.309 e. The predicted octanol–water partition coefficient (Wildman–Crippen LogP) is 5.18. The number of hydrogen-bond acceptors (Lipinski definition) is 5. The first-order valence-electron chi connectivity index (χ1n) is 10.8. The molecule has 1 aromatic heterocycles. The molecule has 2 aromatic carbocycles. The van der Waals surface area contributed by atoms with Crippen molar-refractivity contribution < 1.29 is 4.79 Å². The van der Waals surface area contributed by atoms with Crippen molar-refractivity contribution >= 4 is 32.7 Å². The third-order valence-corrected chi connectivity index (χ3v) is 7.76. The SMILES string of the molecule is CN(C(=O)Nc1nc2ccc(C#N)cc2s1)C12CCCC(CC1)N2Cc1ccccc1. The Morgan fingerprint density at radius 1 is 1.29 bits per heavy atom. The van der Waals surface area contributed by atoms with Crippen LogP contribution < -0.4 is 5.32 Å². The van der Waals surface area contributed by atoms with Crippen molar-refractivity contribution in [2.45, 2.75) is 50.4 Å². The summed E-state index contributed by atoms with van der Waals surface area (Å²) in [5.41, 5.74) is 2.42. The molecule has 2 amide bonds. The third-order valence-electron chi connectivity index (χ3n) is 6.82. The Kier molecular flexibility index (Phi) is 5.12. The van der Waals surface area contributed by atoms with Gasteiger partial charge in [-0.25, -0.2) is 9.78 Å². The van der Waals surface area contributed by atoms with Crippen LogP contribution in [0.5, 0.6) is 0 Å². The fourth-order valence-corrected chi connectivity index (χ4v) is 6.12. The Bertz CT molecular complexity index is 1150. The lowest BCUT2D eigenvalue weighted by Gasteiger charge is -2.49. The first kappa shape index (κ1) is 20.0. The summed E-state index contributed by atoms with van der Waals surface area (Å²) in [7, 11) is 1.92. The van der Waals surface area contributed by atoms with Crippen molar-refractivity contribution in [2.24, 2.45) is 0 Å². The number of piperidine rings is 1. The molecular formula is C24H25N5OS. The highest BCUT2D eigenvalue weighted by Gasteiger charge is 2.52. The van der Waals surface area contributed by atoms with Crippen LogP contribution >= 0.6 is 11.3 Å². The topological polar surface area (TPSA) is 72.3 Å². The highest BCUT2D eigenvalue weighted by Crippen LogP contribution is 2.46. The van der Waals surface area contributed by atoms with E-state index in [9.17, 15) is 4.79 Å². The summed E-state index contributed by atoms with van der Waals surface area (Å²) in [4.78, 5) is 22.3. The quantitative estimate of drug-likeness (QED) is 0.618. The van der Waals surface area contributed by atoms with Gasteiger partial charge in [-0.3, -0.25) is 10.2 Å². The number of rotatable bonds is 4. The molecule has 0 saturated carbocycles. The van der Waals surface area contributed by atoms with Gasteiger partial charge >= 0.3 is 6.03 Å². The summed E-state index contributed by atoms with van der Waals surface area (Å²) in [6, 6.07) is 18.5. The minimum Gasteiger partial charge on any atom is -0.309 e. The number of nitrogens with one attached hydrogen (secondary N) is 1. The molecule has 2 unspecified atom stereocenters. The van der Waals surface area contributed by atoms with Crippen molar-refractivity contribution in [3.8, 4) is 6.07 Å². The first-order chi connectivity index (χ1) is 15.1. The Balaban J connectivity index is 1.38. The summed E-state index contributed by atoms with van der Waals surface area (Å²) in [5.74, 6) is 0. The van der Waals surface area contributed by atoms with E-state index >= 15 is 0 Å². The van der Waals surface area contributed by atoms with Crippen molar-refractivity contribution in [1.29, 1.82) is 5.26 Å². The lowest BCUT2D eigenvalue weighted by molar-refractivity contribution is -0.0414. The number of urea groups is 1. The Labute approximate surface area is 186 Å². The summed E-state index contributed by atoms with van der Waals surface area (Å²) in [5, 5.41) is 12.7. The minimum atomic E-state index is -0.256. The second kappa shape index (κ2) is 7.95. The molecule has 1 N–H and O–H groups in total. The number of carbonyl (C=O) groups excluding carboxylic acids is 1. The molecule has 2 aliphatic heterocycles. The Morgan fingerprint density at radius 3 is 2.94 bits per heavy atom. The number of benzene rings is 2. The molecule has 5 rings (SSSR count). The zero-order chi connectivity index (χ0) is 21.4. The van der Waals surface area contributed by atoms with E-state index in [4.69, 9.17) is 5.26 Å². The van der Waals surface area contributed by atoms with E-state index in [0.29, 0.717) is 16.7 Å². The van der Waals surface area contributed by atoms with Crippen LogP contribution in [0.25, 0.3) is 10.2 Å². The van der Waals surface area contributed by atoms with Crippen LogP contribution in [-0.4, -0.2) is 39.6 Å². The van der Waals surface area contributed by atoms with Gasteiger partial charge in [-0.2, -0.15) is 5.26 Å². The highest BCUT2D eigenvalue weighted by molar-refractivity contribution is 7.22. The zero-order valence-electron chi connectivity index (χ0n) is 17.5. The average Bonchev–Trinajstić information content (AvgIpc) is 3.26. The molecule has 0 spiro atoms. The summed E-state index contributed by atoms with van der Waals surface area (Å²) in [6.07, 6.45) is 5.46. The summed E-state index contributed by atoms with van der Waals surface area (Å²) < 4.78 is 0.902. The van der Waals surface area contributed by atoms with Gasteiger partial charge < -0.3 is 4.90 Å². The molecule has 2 bridgehead atoms. The fourth-order valence-electron chi connectivity index (χ4n) is 5.22. The van der Waals surface area contributed by atoms with Gasteiger partial charge in [0.05, 0.1) is 27.5 Å². The van der Waals surface area contributed by atoms with Crippen LogP contribution in [0.4, 0.5) is 9.93 Å². The fraction of sp³-hybridized carbons (Fsp3) is 0.375. The van der Waals surface area contributed by atoms with Gasteiger partial charge in [0.25, 0.3) is 0 Å². The van der Waals surface area contributed by atoms with Crippen molar-refractivity contribution in [3.05, 3.63) is 59.7 Å². The maximum atomic E-state index is 13.3. The molecule has 2 aliphatic rings. The van der Waals surface area contributed by atoms with Gasteiger partial charge in [0.15, 0.2) is 5.13 Å². The van der Waals surface area contributed by atoms with Gasteiger partial charge in [0.1, 0.15) is 0 Å². The number of carbonyl (C=O) groups is 1. The maximum absolute atomic E-state index is 13.3. The van der Waals surface area contributed by atoms with Crippen LogP contribution in [-0.2, 0) is 6.54 Å². The number of thiazole rings is 1. The normalized spacial score (nSPS) is 22.9. The zero-order valence-corrected chi connectivity index (χ0v) is 18.4. The van der Waals surface area contributed by atoms with Gasteiger partial charge in [0.2, 0.25) is 0 Å². The molecule has 7 heteroatoms. The van der Waals surface area contributed by atoms with E-state index in [0.717, 1.165) is 42.4 Å². The molecule has 6 nitrogen and oxygen atoms in total. The standard InChI is InChI=1S/C24H25N5OS/c1-28(23(30)27-22-26-20-10-9-18(15-25)14-21(20)31-22)24-12-5-8-19(11-13-24)29(24)16-17-6-3-2-4-7-17/h2-4,6-7,9-10,14,19H,5,8,11-13,16H2,1H3,(H,26,27,30). The average molecular weight is 432 g/mol. The Hall–Kier alpha value is -2.95. The number of nitrogens with zero attached hydrogens (tertiary/aromatic N) is 4. The molecule has 2 saturated heterocycles. The highest BCUT2D eigenvalue weighted by atomic mass is 32.1. The number of hydrogen-bond donors (Lipinski definition) is 1. The van der Waals surface area contributed by atoms with E-state index < -0.39 is 0 Å². The lowest BCUT2D eigenvalue weighted by atomic mass is 9.94. The maximum Gasteiger partial charge on any atom is 0.324 e. The molecule has 158 valence electrons. The number of nitriles is 1. The molecule has 31 heavy (non-hydrogen) atoms. The molecule has 0 radical (unpaired) electrons. The molecule has 3 aromatic rings. The second-order valence-electron chi connectivity index (χ2n) is 8.48. The van der Waals surface area contributed by atoms with Crippen molar-refractivity contribution in [2.75, 3.05) is 12.4 Å². The van der Waals surface area contributed by atoms with E-state index in [1.54, 1.807) is 6.07 Å². The van der Waals surface area contributed by atoms with Gasteiger partial charge in [-0.05, 0) is 55.9 Å². The third kappa shape index (κ3) is 3.56. The van der Waals surface area contributed by atoms with Gasteiger partial charge in [-0.1, -0.05) is 41.7 Å². The number of anilines is 1. The van der Waals surface area contributed by atoms with E-state index in [-0.39, 0.29) is 11.7 Å². The molecular weight excluding hydrogens is 406 g/mol.